The highest BCUT2D eigenvalue weighted by molar-refractivity contribution is 6.31. The largest absolute Gasteiger partial charge is 0.307 e. The number of nitrogens with zero attached hydrogens (tertiary/aromatic N) is 2. The predicted molar refractivity (Wildman–Crippen MR) is 53.6 cm³/mol. The van der Waals surface area contributed by atoms with Crippen molar-refractivity contribution in [3.8, 4) is 11.8 Å². The summed E-state index contributed by atoms with van der Waals surface area (Å²) in [6, 6.07) is 1.20. The van der Waals surface area contributed by atoms with E-state index in [4.69, 9.17) is 11.6 Å². The summed E-state index contributed by atoms with van der Waals surface area (Å²) in [5.74, 6) is 4.60. The Hall–Kier alpha value is -1.93. The van der Waals surface area contributed by atoms with Crippen LogP contribution in [0.25, 0.3) is 0 Å². The Morgan fingerprint density at radius 3 is 2.87 bits per heavy atom. The van der Waals surface area contributed by atoms with E-state index in [1.807, 2.05) is 0 Å². The Bertz CT molecular complexity index is 488. The van der Waals surface area contributed by atoms with Gasteiger partial charge in [-0.05, 0) is 12.8 Å². The molecule has 0 amide bonds. The summed E-state index contributed by atoms with van der Waals surface area (Å²) in [5, 5.41) is 10.3. The maximum absolute atomic E-state index is 10.5. The zero-order valence-corrected chi connectivity index (χ0v) is 8.41. The van der Waals surface area contributed by atoms with Gasteiger partial charge in [-0.25, -0.2) is 4.98 Å². The lowest BCUT2D eigenvalue weighted by molar-refractivity contribution is -0.385. The van der Waals surface area contributed by atoms with Crippen molar-refractivity contribution in [3.63, 3.8) is 0 Å². The van der Waals surface area contributed by atoms with Crippen molar-refractivity contribution >= 4 is 23.6 Å². The van der Waals surface area contributed by atoms with Gasteiger partial charge in [0, 0.05) is 6.07 Å². The lowest BCUT2D eigenvalue weighted by atomic mass is 10.2. The van der Waals surface area contributed by atoms with Crippen LogP contribution >= 0.6 is 11.6 Å². The van der Waals surface area contributed by atoms with Gasteiger partial charge >= 0.3 is 5.69 Å². The molecule has 0 saturated heterocycles. The first-order valence-corrected chi connectivity index (χ1v) is 4.20. The molecule has 0 N–H and O–H groups in total. The average molecular weight is 225 g/mol. The molecular formula is C9H5ClN2O3. The molecule has 0 radical (unpaired) electrons. The van der Waals surface area contributed by atoms with Gasteiger partial charge in [-0.2, -0.15) is 0 Å². The van der Waals surface area contributed by atoms with E-state index < -0.39 is 4.92 Å². The number of carbonyl (C=O) groups is 1. The Labute approximate surface area is 90.2 Å². The molecule has 0 aromatic carbocycles. The van der Waals surface area contributed by atoms with Crippen LogP contribution < -0.4 is 0 Å². The van der Waals surface area contributed by atoms with E-state index in [2.05, 4.69) is 16.8 Å². The molecule has 15 heavy (non-hydrogen) atoms. The summed E-state index contributed by atoms with van der Waals surface area (Å²) in [4.78, 5) is 23.6. The van der Waals surface area contributed by atoms with Gasteiger partial charge in [0.05, 0.1) is 16.2 Å². The summed E-state index contributed by atoms with van der Waals surface area (Å²) in [6.45, 7) is 1.60. The van der Waals surface area contributed by atoms with Crippen LogP contribution in [0, 0.1) is 28.9 Å². The number of aldehydes is 1. The zero-order chi connectivity index (χ0) is 11.4. The number of hydrogen-bond donors (Lipinski definition) is 0. The predicted octanol–water partition coefficient (Wildman–Crippen LogP) is 1.50. The zero-order valence-electron chi connectivity index (χ0n) is 7.65. The normalized spacial score (nSPS) is 8.93. The van der Waals surface area contributed by atoms with Gasteiger partial charge < -0.3 is 0 Å². The van der Waals surface area contributed by atoms with E-state index in [9.17, 15) is 14.9 Å². The molecule has 76 valence electrons. The van der Waals surface area contributed by atoms with Crippen molar-refractivity contribution in [3.05, 3.63) is 32.6 Å². The van der Waals surface area contributed by atoms with Crippen LogP contribution in [0.2, 0.25) is 5.15 Å². The maximum Gasteiger partial charge on any atom is 0.307 e. The molecule has 0 aliphatic heterocycles. The fourth-order valence-corrected chi connectivity index (χ4v) is 1.18. The lowest BCUT2D eigenvalue weighted by Crippen LogP contribution is -1.96. The van der Waals surface area contributed by atoms with Crippen LogP contribution in [-0.4, -0.2) is 16.2 Å². The van der Waals surface area contributed by atoms with Gasteiger partial charge in [-0.3, -0.25) is 14.9 Å². The summed E-state index contributed by atoms with van der Waals surface area (Å²) >= 11 is 5.56. The fourth-order valence-electron chi connectivity index (χ4n) is 0.927. The van der Waals surface area contributed by atoms with Crippen LogP contribution in [0.5, 0.6) is 0 Å². The third-order valence-corrected chi connectivity index (χ3v) is 1.89. The first-order chi connectivity index (χ1) is 7.06. The first-order valence-electron chi connectivity index (χ1n) is 3.83. The second kappa shape index (κ2) is 4.53. The monoisotopic (exact) mass is 224 g/mol. The average Bonchev–Trinajstić information content (AvgIpc) is 2.16. The molecule has 1 aromatic heterocycles. The highest BCUT2D eigenvalue weighted by Crippen LogP contribution is 2.23. The van der Waals surface area contributed by atoms with E-state index >= 15 is 0 Å². The summed E-state index contributed by atoms with van der Waals surface area (Å²) in [6.07, 6.45) is 0.403. The van der Waals surface area contributed by atoms with E-state index in [1.165, 1.54) is 6.07 Å². The Balaban J connectivity index is 3.35. The van der Waals surface area contributed by atoms with Crippen molar-refractivity contribution in [2.75, 3.05) is 0 Å². The molecular weight excluding hydrogens is 220 g/mol. The third kappa shape index (κ3) is 2.51. The molecule has 0 aliphatic rings. The van der Waals surface area contributed by atoms with Crippen molar-refractivity contribution in [1.29, 1.82) is 0 Å². The van der Waals surface area contributed by atoms with Crippen LogP contribution in [0.1, 0.15) is 11.3 Å². The quantitative estimate of drug-likeness (QED) is 0.238. The number of aromatic nitrogens is 1. The molecule has 1 heterocycles. The minimum Gasteiger partial charge on any atom is -0.289 e. The van der Waals surface area contributed by atoms with E-state index in [0.717, 1.165) is 0 Å². The number of hydrogen-bond acceptors (Lipinski definition) is 4. The Kier molecular flexibility index (Phi) is 3.37. The van der Waals surface area contributed by atoms with E-state index in [-0.39, 0.29) is 10.8 Å². The molecule has 0 spiro atoms. The van der Waals surface area contributed by atoms with Crippen LogP contribution in [-0.2, 0) is 4.79 Å². The third-order valence-electron chi connectivity index (χ3n) is 1.61. The van der Waals surface area contributed by atoms with Crippen LogP contribution in [0.4, 0.5) is 5.69 Å². The second-order valence-corrected chi connectivity index (χ2v) is 2.93. The number of aryl methyl sites for hydroxylation is 1. The summed E-state index contributed by atoms with van der Waals surface area (Å²) < 4.78 is 0. The van der Waals surface area contributed by atoms with E-state index in [1.54, 1.807) is 6.92 Å². The maximum atomic E-state index is 10.5. The molecule has 0 atom stereocenters. The highest BCUT2D eigenvalue weighted by Gasteiger charge is 2.15. The molecule has 1 rings (SSSR count). The van der Waals surface area contributed by atoms with Gasteiger partial charge in [0.15, 0.2) is 6.29 Å². The summed E-state index contributed by atoms with van der Waals surface area (Å²) in [7, 11) is 0. The molecule has 0 fully saturated rings. The molecule has 0 bridgehead atoms. The SMILES string of the molecule is Cc1nc(Cl)c([N+](=O)[O-])cc1C#CC=O. The number of carbonyl (C=O) groups excluding carboxylic acids is 1. The van der Waals surface area contributed by atoms with Gasteiger partial charge in [-0.15, -0.1) is 0 Å². The van der Waals surface area contributed by atoms with Crippen molar-refractivity contribution < 1.29 is 9.72 Å². The van der Waals surface area contributed by atoms with Crippen LogP contribution in [0.15, 0.2) is 6.07 Å². The molecule has 5 nitrogen and oxygen atoms in total. The van der Waals surface area contributed by atoms with Crippen LogP contribution in [0.3, 0.4) is 0 Å². The summed E-state index contributed by atoms with van der Waals surface area (Å²) in [5.41, 5.74) is 0.440. The van der Waals surface area contributed by atoms with Crippen molar-refractivity contribution in [1.82, 2.24) is 4.98 Å². The number of halogens is 1. The van der Waals surface area contributed by atoms with Crippen molar-refractivity contribution in [2.45, 2.75) is 6.92 Å². The minimum atomic E-state index is -0.652. The highest BCUT2D eigenvalue weighted by atomic mass is 35.5. The second-order valence-electron chi connectivity index (χ2n) is 2.58. The van der Waals surface area contributed by atoms with Gasteiger partial charge in [0.1, 0.15) is 0 Å². The Morgan fingerprint density at radius 2 is 2.33 bits per heavy atom. The molecule has 0 saturated carbocycles. The minimum absolute atomic E-state index is 0.186. The van der Waals surface area contributed by atoms with Crippen molar-refractivity contribution in [2.24, 2.45) is 0 Å². The smallest absolute Gasteiger partial charge is 0.289 e. The fraction of sp³-hybridized carbons (Fsp3) is 0.111. The van der Waals surface area contributed by atoms with Gasteiger partial charge in [-0.1, -0.05) is 17.5 Å². The molecule has 1 aromatic rings. The molecule has 0 aliphatic carbocycles. The number of pyridine rings is 1. The van der Waals surface area contributed by atoms with Gasteiger partial charge in [0.25, 0.3) is 0 Å². The van der Waals surface area contributed by atoms with Gasteiger partial charge in [0.2, 0.25) is 5.15 Å². The van der Waals surface area contributed by atoms with E-state index in [0.29, 0.717) is 17.5 Å². The number of rotatable bonds is 1. The molecule has 6 heteroatoms. The first kappa shape index (κ1) is 11.1. The lowest BCUT2D eigenvalue weighted by Gasteiger charge is -1.99. The Morgan fingerprint density at radius 1 is 1.67 bits per heavy atom. The number of nitro groups is 1. The molecule has 0 unspecified atom stereocenters. The standard InChI is InChI=1S/C9H5ClN2O3/c1-6-7(3-2-4-13)5-8(12(14)15)9(10)11-6/h4-5H,1H3. The topological polar surface area (TPSA) is 73.1 Å².